The van der Waals surface area contributed by atoms with E-state index in [0.29, 0.717) is 11.6 Å². The third-order valence-corrected chi connectivity index (χ3v) is 7.15. The number of nitrogens with one attached hydrogen (secondary N) is 1. The van der Waals surface area contributed by atoms with Crippen molar-refractivity contribution in [2.45, 2.75) is 87.6 Å². The SMILES string of the molecule is CC(C)(C)c1cnc(CSc2cnn(N[C@H]3CCC[C@@H](C(=O)N4CCC(N)CC4)C3)n2)o1. The number of piperidine rings is 1. The molecule has 0 aromatic carbocycles. The quantitative estimate of drug-likeness (QED) is 0.631. The van der Waals surface area contributed by atoms with Crippen LogP contribution < -0.4 is 11.2 Å². The smallest absolute Gasteiger partial charge is 0.225 e. The number of nitrogens with two attached hydrogens (primary N) is 1. The zero-order chi connectivity index (χ0) is 22.7. The van der Waals surface area contributed by atoms with Crippen LogP contribution in [0.1, 0.15) is 70.9 Å². The van der Waals surface area contributed by atoms with E-state index in [1.807, 2.05) is 4.90 Å². The molecule has 0 unspecified atom stereocenters. The van der Waals surface area contributed by atoms with Gasteiger partial charge in [0.15, 0.2) is 0 Å². The molecular weight excluding hydrogens is 426 g/mol. The highest BCUT2D eigenvalue weighted by Crippen LogP contribution is 2.28. The van der Waals surface area contributed by atoms with Crippen molar-refractivity contribution < 1.29 is 9.21 Å². The molecule has 1 amide bonds. The maximum absolute atomic E-state index is 12.9. The van der Waals surface area contributed by atoms with Crippen LogP contribution in [-0.4, -0.2) is 56.1 Å². The maximum atomic E-state index is 12.9. The number of likely N-dealkylation sites (tertiary alicyclic amines) is 1. The molecular formula is C22H35N7O2S. The monoisotopic (exact) mass is 461 g/mol. The molecule has 2 fully saturated rings. The van der Waals surface area contributed by atoms with Gasteiger partial charge in [0.25, 0.3) is 0 Å². The number of thioether (sulfide) groups is 1. The molecule has 2 aromatic heterocycles. The standard InChI is InChI=1S/C22H35N7O2S/c1-22(2,3)18-12-24-19(31-18)14-32-20-13-25-29(27-20)26-17-6-4-5-15(11-17)21(30)28-9-7-16(23)8-10-28/h12-13,15-17,26H,4-11,14,23H2,1-3H3/t15-,17+/m1/s1. The van der Waals surface area contributed by atoms with Crippen LogP contribution in [0.5, 0.6) is 0 Å². The molecule has 176 valence electrons. The second-order valence-electron chi connectivity index (χ2n) is 9.98. The predicted molar refractivity (Wildman–Crippen MR) is 124 cm³/mol. The minimum Gasteiger partial charge on any atom is -0.444 e. The first-order chi connectivity index (χ1) is 15.3. The van der Waals surface area contributed by atoms with Crippen LogP contribution in [0.2, 0.25) is 0 Å². The molecule has 1 aliphatic heterocycles. The van der Waals surface area contributed by atoms with Crippen LogP contribution in [0.15, 0.2) is 21.8 Å². The molecule has 0 bridgehead atoms. The second kappa shape index (κ2) is 9.82. The Hall–Kier alpha value is -2.07. The lowest BCUT2D eigenvalue weighted by molar-refractivity contribution is -0.137. The molecule has 2 aromatic rings. The van der Waals surface area contributed by atoms with Gasteiger partial charge in [0.1, 0.15) is 10.8 Å². The van der Waals surface area contributed by atoms with E-state index in [2.05, 4.69) is 41.4 Å². The van der Waals surface area contributed by atoms with E-state index < -0.39 is 0 Å². The highest BCUT2D eigenvalue weighted by molar-refractivity contribution is 7.98. The van der Waals surface area contributed by atoms with Crippen molar-refractivity contribution >= 4 is 17.7 Å². The number of carbonyl (C=O) groups is 1. The summed E-state index contributed by atoms with van der Waals surface area (Å²) in [6.07, 6.45) is 9.18. The van der Waals surface area contributed by atoms with Gasteiger partial charge in [-0.15, -0.1) is 10.2 Å². The minimum atomic E-state index is -0.0525. The van der Waals surface area contributed by atoms with Crippen LogP contribution in [0.3, 0.4) is 0 Å². The third kappa shape index (κ3) is 5.83. The van der Waals surface area contributed by atoms with Gasteiger partial charge >= 0.3 is 0 Å². The Balaban J connectivity index is 1.26. The van der Waals surface area contributed by atoms with Gasteiger partial charge in [-0.05, 0) is 32.1 Å². The molecule has 9 nitrogen and oxygen atoms in total. The van der Waals surface area contributed by atoms with Gasteiger partial charge in [-0.3, -0.25) is 10.2 Å². The maximum Gasteiger partial charge on any atom is 0.225 e. The summed E-state index contributed by atoms with van der Waals surface area (Å²) in [4.78, 5) is 20.9. The molecule has 0 radical (unpaired) electrons. The zero-order valence-electron chi connectivity index (χ0n) is 19.3. The summed E-state index contributed by atoms with van der Waals surface area (Å²) < 4.78 is 5.84. The fraction of sp³-hybridized carbons (Fsp3) is 0.727. The molecule has 3 heterocycles. The fourth-order valence-corrected chi connectivity index (χ4v) is 4.97. The van der Waals surface area contributed by atoms with Crippen molar-refractivity contribution in [2.75, 3.05) is 18.5 Å². The van der Waals surface area contributed by atoms with Crippen LogP contribution in [0.4, 0.5) is 0 Å². The third-order valence-electron chi connectivity index (χ3n) is 6.28. The minimum absolute atomic E-state index is 0.0525. The number of amides is 1. The molecule has 32 heavy (non-hydrogen) atoms. The van der Waals surface area contributed by atoms with E-state index in [0.717, 1.165) is 62.4 Å². The van der Waals surface area contributed by atoms with Gasteiger partial charge < -0.3 is 15.1 Å². The van der Waals surface area contributed by atoms with Gasteiger partial charge in [0.05, 0.1) is 18.1 Å². The van der Waals surface area contributed by atoms with Crippen LogP contribution >= 0.6 is 11.8 Å². The van der Waals surface area contributed by atoms with Crippen molar-refractivity contribution in [1.82, 2.24) is 25.0 Å². The summed E-state index contributed by atoms with van der Waals surface area (Å²) in [6.45, 7) is 7.89. The highest BCUT2D eigenvalue weighted by Gasteiger charge is 2.32. The fourth-order valence-electron chi connectivity index (χ4n) is 4.31. The summed E-state index contributed by atoms with van der Waals surface area (Å²) in [5.41, 5.74) is 9.30. The Labute approximate surface area is 193 Å². The zero-order valence-corrected chi connectivity index (χ0v) is 20.1. The number of hydrogen-bond donors (Lipinski definition) is 2. The van der Waals surface area contributed by atoms with Crippen molar-refractivity contribution in [2.24, 2.45) is 11.7 Å². The summed E-state index contributed by atoms with van der Waals surface area (Å²) in [6, 6.07) is 0.429. The lowest BCUT2D eigenvalue weighted by Gasteiger charge is -2.36. The van der Waals surface area contributed by atoms with Gasteiger partial charge in [-0.25, -0.2) is 4.98 Å². The van der Waals surface area contributed by atoms with E-state index in [9.17, 15) is 4.79 Å². The van der Waals surface area contributed by atoms with E-state index in [-0.39, 0.29) is 29.3 Å². The molecule has 4 rings (SSSR count). The Morgan fingerprint density at radius 1 is 1.25 bits per heavy atom. The Kier molecular flexibility index (Phi) is 7.09. The first-order valence-corrected chi connectivity index (χ1v) is 12.6. The number of nitrogens with zero attached hydrogens (tertiary/aromatic N) is 5. The van der Waals surface area contributed by atoms with Gasteiger partial charge in [0, 0.05) is 36.5 Å². The molecule has 0 spiro atoms. The molecule has 1 saturated carbocycles. The number of aromatic nitrogens is 4. The normalized spacial score (nSPS) is 22.8. The predicted octanol–water partition coefficient (Wildman–Crippen LogP) is 2.91. The first kappa shape index (κ1) is 23.1. The van der Waals surface area contributed by atoms with E-state index in [1.165, 1.54) is 4.91 Å². The lowest BCUT2D eigenvalue weighted by Crippen LogP contribution is -2.47. The summed E-state index contributed by atoms with van der Waals surface area (Å²) in [5.74, 6) is 2.53. The number of rotatable bonds is 6. The highest BCUT2D eigenvalue weighted by atomic mass is 32.2. The summed E-state index contributed by atoms with van der Waals surface area (Å²) >= 11 is 1.54. The average molecular weight is 462 g/mol. The summed E-state index contributed by atoms with van der Waals surface area (Å²) in [5, 5.41) is 9.68. The topological polar surface area (TPSA) is 115 Å². The van der Waals surface area contributed by atoms with Crippen molar-refractivity contribution in [3.05, 3.63) is 24.0 Å². The molecule has 3 N–H and O–H groups in total. The largest absolute Gasteiger partial charge is 0.444 e. The van der Waals surface area contributed by atoms with Crippen molar-refractivity contribution in [3.8, 4) is 0 Å². The Morgan fingerprint density at radius 3 is 2.75 bits per heavy atom. The Bertz CT molecular complexity index is 898. The molecule has 1 aliphatic carbocycles. The first-order valence-electron chi connectivity index (χ1n) is 11.6. The number of hydrogen-bond acceptors (Lipinski definition) is 8. The molecule has 2 aliphatic rings. The van der Waals surface area contributed by atoms with E-state index in [1.54, 1.807) is 24.2 Å². The van der Waals surface area contributed by atoms with E-state index in [4.69, 9.17) is 10.2 Å². The van der Waals surface area contributed by atoms with Gasteiger partial charge in [0.2, 0.25) is 11.8 Å². The van der Waals surface area contributed by atoms with Crippen LogP contribution in [-0.2, 0) is 16.0 Å². The van der Waals surface area contributed by atoms with Gasteiger partial charge in [-0.2, -0.15) is 0 Å². The number of oxazole rings is 1. The van der Waals surface area contributed by atoms with Crippen LogP contribution in [0, 0.1) is 5.92 Å². The Morgan fingerprint density at radius 2 is 2.03 bits per heavy atom. The summed E-state index contributed by atoms with van der Waals surface area (Å²) in [7, 11) is 0. The number of carbonyl (C=O) groups excluding carboxylic acids is 1. The molecule has 10 heteroatoms. The van der Waals surface area contributed by atoms with E-state index >= 15 is 0 Å². The second-order valence-corrected chi connectivity index (χ2v) is 11.0. The average Bonchev–Trinajstić information content (AvgIpc) is 3.42. The van der Waals surface area contributed by atoms with Gasteiger partial charge in [-0.1, -0.05) is 43.9 Å². The molecule has 2 atom stereocenters. The van der Waals surface area contributed by atoms with Crippen molar-refractivity contribution in [3.63, 3.8) is 0 Å². The van der Waals surface area contributed by atoms with Crippen LogP contribution in [0.25, 0.3) is 0 Å². The van der Waals surface area contributed by atoms with Crippen molar-refractivity contribution in [1.29, 1.82) is 0 Å². The molecule has 1 saturated heterocycles. The lowest BCUT2D eigenvalue weighted by atomic mass is 9.84.